The molecule has 24 heavy (non-hydrogen) atoms. The molecule has 3 N–H and O–H groups in total. The molecular weight excluding hydrogens is 326 g/mol. The maximum Gasteiger partial charge on any atom is 0.341 e. The van der Waals surface area contributed by atoms with E-state index >= 15 is 0 Å². The first-order valence-corrected chi connectivity index (χ1v) is 9.10. The van der Waals surface area contributed by atoms with Crippen molar-refractivity contribution in [2.75, 3.05) is 18.5 Å². The number of carbonyl (C=O) groups excluding carboxylic acids is 2. The Morgan fingerprint density at radius 3 is 2.50 bits per heavy atom. The predicted octanol–water partition coefficient (Wildman–Crippen LogP) is 3.23. The third-order valence-corrected chi connectivity index (χ3v) is 5.36. The van der Waals surface area contributed by atoms with E-state index in [1.807, 2.05) is 6.92 Å². The Labute approximate surface area is 147 Å². The van der Waals surface area contributed by atoms with Gasteiger partial charge in [-0.05, 0) is 53.5 Å². The number of urea groups is 1. The third-order valence-electron chi connectivity index (χ3n) is 3.89. The highest BCUT2D eigenvalue weighted by atomic mass is 32.1. The highest BCUT2D eigenvalue weighted by Crippen LogP contribution is 2.45. The Morgan fingerprint density at radius 2 is 1.92 bits per heavy atom. The number of anilines is 1. The third kappa shape index (κ3) is 3.72. The summed E-state index contributed by atoms with van der Waals surface area (Å²) in [6.07, 6.45) is 0.702. The van der Waals surface area contributed by atoms with Gasteiger partial charge in [-0.3, -0.25) is 5.32 Å². The van der Waals surface area contributed by atoms with Gasteiger partial charge in [0.2, 0.25) is 0 Å². The number of amides is 2. The molecule has 0 radical (unpaired) electrons. The number of rotatable bonds is 4. The molecule has 0 bridgehead atoms. The summed E-state index contributed by atoms with van der Waals surface area (Å²) >= 11 is 1.44. The molecule has 1 aliphatic heterocycles. The Kier molecular flexibility index (Phi) is 5.25. The predicted molar refractivity (Wildman–Crippen MR) is 96.9 cm³/mol. The summed E-state index contributed by atoms with van der Waals surface area (Å²) < 4.78 is 5.25. The number of nitrogens with one attached hydrogen (secondary N) is 3. The van der Waals surface area contributed by atoms with Gasteiger partial charge in [-0.15, -0.1) is 11.3 Å². The van der Waals surface area contributed by atoms with E-state index < -0.39 is 0 Å². The van der Waals surface area contributed by atoms with Crippen LogP contribution < -0.4 is 16.0 Å². The summed E-state index contributed by atoms with van der Waals surface area (Å²) in [5, 5.41) is 9.67. The summed E-state index contributed by atoms with van der Waals surface area (Å²) in [6.45, 7) is 12.9. The first-order valence-electron chi connectivity index (χ1n) is 8.28. The average molecular weight is 353 g/mol. The normalized spacial score (nSPS) is 17.8. The topological polar surface area (TPSA) is 79.5 Å². The van der Waals surface area contributed by atoms with Crippen molar-refractivity contribution in [2.24, 2.45) is 0 Å². The SMILES string of the molecule is CCNC(=O)Nc1sc2c(c1C(=O)OCC)CC(C)(C)NC2(C)C. The minimum absolute atomic E-state index is 0.151. The summed E-state index contributed by atoms with van der Waals surface area (Å²) in [5.41, 5.74) is 1.02. The molecule has 0 aromatic carbocycles. The van der Waals surface area contributed by atoms with E-state index in [9.17, 15) is 9.59 Å². The van der Waals surface area contributed by atoms with Crippen molar-refractivity contribution in [2.45, 2.75) is 59.0 Å². The van der Waals surface area contributed by atoms with Crippen LogP contribution in [0.2, 0.25) is 0 Å². The van der Waals surface area contributed by atoms with Crippen molar-refractivity contribution >= 4 is 28.3 Å². The summed E-state index contributed by atoms with van der Waals surface area (Å²) in [6, 6.07) is -0.313. The van der Waals surface area contributed by atoms with Gasteiger partial charge < -0.3 is 15.4 Å². The van der Waals surface area contributed by atoms with Gasteiger partial charge in [-0.2, -0.15) is 0 Å². The molecule has 0 fully saturated rings. The Balaban J connectivity index is 2.54. The fourth-order valence-electron chi connectivity index (χ4n) is 3.34. The van der Waals surface area contributed by atoms with Crippen molar-refractivity contribution in [1.29, 1.82) is 0 Å². The lowest BCUT2D eigenvalue weighted by Gasteiger charge is -2.42. The minimum atomic E-state index is -0.379. The lowest BCUT2D eigenvalue weighted by Crippen LogP contribution is -2.55. The van der Waals surface area contributed by atoms with Gasteiger partial charge in [0.25, 0.3) is 0 Å². The van der Waals surface area contributed by atoms with E-state index in [0.717, 1.165) is 10.4 Å². The standard InChI is InChI=1S/C17H27N3O3S/c1-7-18-15(22)19-13-11(14(21)23-8-2)10-9-16(3,4)20-17(5,6)12(10)24-13/h20H,7-9H2,1-6H3,(H2,18,19,22). The van der Waals surface area contributed by atoms with E-state index in [2.05, 4.69) is 43.6 Å². The number of hydrogen-bond acceptors (Lipinski definition) is 5. The van der Waals surface area contributed by atoms with Gasteiger partial charge in [0.15, 0.2) is 0 Å². The van der Waals surface area contributed by atoms with Crippen molar-refractivity contribution in [3.63, 3.8) is 0 Å². The second-order valence-electron chi connectivity index (χ2n) is 7.13. The van der Waals surface area contributed by atoms with Crippen LogP contribution in [0.3, 0.4) is 0 Å². The Bertz CT molecular complexity index is 650. The van der Waals surface area contributed by atoms with Crippen LogP contribution in [0, 0.1) is 0 Å². The first kappa shape index (κ1) is 18.7. The van der Waals surface area contributed by atoms with Crippen molar-refractivity contribution in [3.8, 4) is 0 Å². The fraction of sp³-hybridized carbons (Fsp3) is 0.647. The van der Waals surface area contributed by atoms with Gasteiger partial charge in [0.1, 0.15) is 5.00 Å². The zero-order chi connectivity index (χ0) is 18.1. The van der Waals surface area contributed by atoms with Crippen molar-refractivity contribution in [1.82, 2.24) is 10.6 Å². The number of fused-ring (bicyclic) bond motifs is 1. The number of thiophene rings is 1. The molecule has 0 unspecified atom stereocenters. The van der Waals surface area contributed by atoms with Crippen molar-refractivity contribution < 1.29 is 14.3 Å². The highest BCUT2D eigenvalue weighted by molar-refractivity contribution is 7.17. The second kappa shape index (κ2) is 6.72. The molecule has 0 aliphatic carbocycles. The van der Waals surface area contributed by atoms with Crippen LogP contribution in [0.1, 0.15) is 62.3 Å². The van der Waals surface area contributed by atoms with Crippen LogP contribution in [0.25, 0.3) is 0 Å². The van der Waals surface area contributed by atoms with Crippen LogP contribution >= 0.6 is 11.3 Å². The van der Waals surface area contributed by atoms with Gasteiger partial charge >= 0.3 is 12.0 Å². The van der Waals surface area contributed by atoms with Crippen molar-refractivity contribution in [3.05, 3.63) is 16.0 Å². The molecular formula is C17H27N3O3S. The van der Waals surface area contributed by atoms with Gasteiger partial charge in [0, 0.05) is 22.5 Å². The molecule has 0 atom stereocenters. The maximum atomic E-state index is 12.6. The van der Waals surface area contributed by atoms with Crippen LogP contribution in [0.15, 0.2) is 0 Å². The van der Waals surface area contributed by atoms with Gasteiger partial charge in [-0.25, -0.2) is 9.59 Å². The van der Waals surface area contributed by atoms with Gasteiger partial charge in [-0.1, -0.05) is 0 Å². The molecule has 2 heterocycles. The zero-order valence-electron chi connectivity index (χ0n) is 15.3. The molecule has 1 aliphatic rings. The average Bonchev–Trinajstić information content (AvgIpc) is 2.75. The smallest absolute Gasteiger partial charge is 0.341 e. The molecule has 7 heteroatoms. The monoisotopic (exact) mass is 353 g/mol. The van der Waals surface area contributed by atoms with E-state index in [0.29, 0.717) is 30.1 Å². The lowest BCUT2D eigenvalue weighted by atomic mass is 9.81. The number of hydrogen-bond donors (Lipinski definition) is 3. The molecule has 0 saturated carbocycles. The quantitative estimate of drug-likeness (QED) is 0.726. The molecule has 1 aromatic rings. The van der Waals surface area contributed by atoms with Gasteiger partial charge in [0.05, 0.1) is 12.2 Å². The lowest BCUT2D eigenvalue weighted by molar-refractivity contribution is 0.0526. The number of ether oxygens (including phenoxy) is 1. The molecule has 0 spiro atoms. The zero-order valence-corrected chi connectivity index (χ0v) is 16.1. The summed E-state index contributed by atoms with van der Waals surface area (Å²) in [4.78, 5) is 25.6. The first-order chi connectivity index (χ1) is 11.1. The summed E-state index contributed by atoms with van der Waals surface area (Å²) in [7, 11) is 0. The maximum absolute atomic E-state index is 12.6. The number of esters is 1. The Hall–Kier alpha value is -1.60. The van der Waals surface area contributed by atoms with E-state index in [1.165, 1.54) is 11.3 Å². The fourth-order valence-corrected chi connectivity index (χ4v) is 4.60. The van der Waals surface area contributed by atoms with Crippen LogP contribution in [0.4, 0.5) is 9.80 Å². The van der Waals surface area contributed by atoms with E-state index in [-0.39, 0.29) is 23.1 Å². The van der Waals surface area contributed by atoms with E-state index in [4.69, 9.17) is 4.74 Å². The summed E-state index contributed by atoms with van der Waals surface area (Å²) in [5.74, 6) is -0.379. The van der Waals surface area contributed by atoms with Crippen LogP contribution in [-0.2, 0) is 16.7 Å². The highest BCUT2D eigenvalue weighted by Gasteiger charge is 2.42. The molecule has 2 rings (SSSR count). The molecule has 0 saturated heterocycles. The molecule has 2 amide bonds. The largest absolute Gasteiger partial charge is 0.462 e. The molecule has 134 valence electrons. The molecule has 1 aromatic heterocycles. The van der Waals surface area contributed by atoms with E-state index in [1.54, 1.807) is 6.92 Å². The number of carbonyl (C=O) groups is 2. The van der Waals surface area contributed by atoms with Crippen LogP contribution in [0.5, 0.6) is 0 Å². The Morgan fingerprint density at radius 1 is 1.25 bits per heavy atom. The van der Waals surface area contributed by atoms with Crippen LogP contribution in [-0.4, -0.2) is 30.7 Å². The second-order valence-corrected chi connectivity index (χ2v) is 8.15. The minimum Gasteiger partial charge on any atom is -0.462 e. The molecule has 6 nitrogen and oxygen atoms in total.